The van der Waals surface area contributed by atoms with Gasteiger partial charge in [0.2, 0.25) is 5.91 Å². The Morgan fingerprint density at radius 3 is 2.78 bits per heavy atom. The van der Waals surface area contributed by atoms with Gasteiger partial charge < -0.3 is 10.1 Å². The van der Waals surface area contributed by atoms with E-state index in [-0.39, 0.29) is 11.9 Å². The molecule has 1 heterocycles. The standard InChI is InChI=1S/C21H22ClNO3S/c1-3-26-21(25)19-16-10-4-13(2)12-17(16)27-20(19)23-18(24)11-7-14-5-8-15(22)9-6-14/h5-9,11,13H,3-4,10,12H2,1-2H3,(H,23,24). The summed E-state index contributed by atoms with van der Waals surface area (Å²) in [7, 11) is 0. The summed E-state index contributed by atoms with van der Waals surface area (Å²) in [6, 6.07) is 7.21. The van der Waals surface area contributed by atoms with Crippen LogP contribution in [0.15, 0.2) is 30.3 Å². The molecule has 0 saturated carbocycles. The molecule has 0 radical (unpaired) electrons. The maximum Gasteiger partial charge on any atom is 0.341 e. The average Bonchev–Trinajstić information content (AvgIpc) is 2.98. The average molecular weight is 404 g/mol. The normalized spacial score (nSPS) is 16.2. The molecule has 142 valence electrons. The van der Waals surface area contributed by atoms with Gasteiger partial charge in [-0.1, -0.05) is 30.7 Å². The SMILES string of the molecule is CCOC(=O)c1c(NC(=O)C=Cc2ccc(Cl)cc2)sc2c1CCC(C)C2. The van der Waals surface area contributed by atoms with Gasteiger partial charge >= 0.3 is 5.97 Å². The van der Waals surface area contributed by atoms with E-state index in [2.05, 4.69) is 12.2 Å². The number of anilines is 1. The molecule has 1 N–H and O–H groups in total. The number of halogens is 1. The van der Waals surface area contributed by atoms with E-state index in [1.54, 1.807) is 25.1 Å². The molecular formula is C21H22ClNO3S. The van der Waals surface area contributed by atoms with Crippen LogP contribution in [0.1, 0.15) is 46.6 Å². The number of hydrogen-bond acceptors (Lipinski definition) is 4. The van der Waals surface area contributed by atoms with Gasteiger partial charge in [-0.25, -0.2) is 4.79 Å². The topological polar surface area (TPSA) is 55.4 Å². The first kappa shape index (κ1) is 19.6. The summed E-state index contributed by atoms with van der Waals surface area (Å²) < 4.78 is 5.23. The van der Waals surface area contributed by atoms with Crippen molar-refractivity contribution in [2.45, 2.75) is 33.1 Å². The Hall–Kier alpha value is -2.11. The number of carbonyl (C=O) groups is 2. The van der Waals surface area contributed by atoms with Crippen molar-refractivity contribution in [1.29, 1.82) is 0 Å². The van der Waals surface area contributed by atoms with Crippen molar-refractivity contribution in [2.75, 3.05) is 11.9 Å². The number of fused-ring (bicyclic) bond motifs is 1. The lowest BCUT2D eigenvalue weighted by atomic mass is 9.88. The molecule has 0 bridgehead atoms. The molecule has 1 aromatic carbocycles. The molecule has 1 atom stereocenters. The van der Waals surface area contributed by atoms with E-state index in [1.165, 1.54) is 22.3 Å². The number of rotatable bonds is 5. The van der Waals surface area contributed by atoms with Gasteiger partial charge in [-0.15, -0.1) is 11.3 Å². The Kier molecular flexibility index (Phi) is 6.34. The van der Waals surface area contributed by atoms with Gasteiger partial charge in [0, 0.05) is 16.0 Å². The summed E-state index contributed by atoms with van der Waals surface area (Å²) in [5.41, 5.74) is 2.44. The predicted molar refractivity (Wildman–Crippen MR) is 111 cm³/mol. The fraction of sp³-hybridized carbons (Fsp3) is 0.333. The second kappa shape index (κ2) is 8.72. The second-order valence-electron chi connectivity index (χ2n) is 6.65. The van der Waals surface area contributed by atoms with Crippen LogP contribution in [0.5, 0.6) is 0 Å². The minimum Gasteiger partial charge on any atom is -0.462 e. The molecule has 0 fully saturated rings. The molecule has 6 heteroatoms. The molecule has 27 heavy (non-hydrogen) atoms. The van der Waals surface area contributed by atoms with E-state index in [1.807, 2.05) is 12.1 Å². The number of benzene rings is 1. The van der Waals surface area contributed by atoms with Gasteiger partial charge in [0.05, 0.1) is 12.2 Å². The quantitative estimate of drug-likeness (QED) is 0.540. The van der Waals surface area contributed by atoms with Crippen LogP contribution in [-0.2, 0) is 22.4 Å². The lowest BCUT2D eigenvalue weighted by Crippen LogP contribution is -2.15. The third-order valence-electron chi connectivity index (χ3n) is 4.53. The van der Waals surface area contributed by atoms with Crippen molar-refractivity contribution in [2.24, 2.45) is 5.92 Å². The largest absolute Gasteiger partial charge is 0.462 e. The maximum atomic E-state index is 12.5. The highest BCUT2D eigenvalue weighted by molar-refractivity contribution is 7.17. The molecule has 1 aliphatic carbocycles. The number of ether oxygens (including phenoxy) is 1. The van der Waals surface area contributed by atoms with Crippen LogP contribution in [0.3, 0.4) is 0 Å². The van der Waals surface area contributed by atoms with Crippen LogP contribution in [0.4, 0.5) is 5.00 Å². The molecule has 3 rings (SSSR count). The van der Waals surface area contributed by atoms with Crippen molar-refractivity contribution >= 4 is 45.9 Å². The van der Waals surface area contributed by atoms with E-state index in [9.17, 15) is 9.59 Å². The Morgan fingerprint density at radius 2 is 2.07 bits per heavy atom. The van der Waals surface area contributed by atoms with Gasteiger partial charge in [0.25, 0.3) is 0 Å². The van der Waals surface area contributed by atoms with Crippen LogP contribution < -0.4 is 5.32 Å². The third-order valence-corrected chi connectivity index (χ3v) is 5.95. The lowest BCUT2D eigenvalue weighted by Gasteiger charge is -2.18. The van der Waals surface area contributed by atoms with E-state index >= 15 is 0 Å². The summed E-state index contributed by atoms with van der Waals surface area (Å²) in [5, 5.41) is 4.10. The Morgan fingerprint density at radius 1 is 1.33 bits per heavy atom. The highest BCUT2D eigenvalue weighted by atomic mass is 35.5. The van der Waals surface area contributed by atoms with Crippen LogP contribution in [0.2, 0.25) is 5.02 Å². The van der Waals surface area contributed by atoms with Crippen LogP contribution in [-0.4, -0.2) is 18.5 Å². The molecule has 0 saturated heterocycles. The predicted octanol–water partition coefficient (Wildman–Crippen LogP) is 5.35. The van der Waals surface area contributed by atoms with Gasteiger partial charge in [0.1, 0.15) is 5.00 Å². The van der Waals surface area contributed by atoms with Crippen molar-refractivity contribution in [3.05, 3.63) is 56.9 Å². The first-order valence-corrected chi connectivity index (χ1v) is 10.2. The van der Waals surface area contributed by atoms with Crippen molar-refractivity contribution in [1.82, 2.24) is 0 Å². The van der Waals surface area contributed by atoms with E-state index in [4.69, 9.17) is 16.3 Å². The lowest BCUT2D eigenvalue weighted by molar-refractivity contribution is -0.111. The zero-order valence-electron chi connectivity index (χ0n) is 15.4. The van der Waals surface area contributed by atoms with Gasteiger partial charge in [-0.2, -0.15) is 0 Å². The minimum atomic E-state index is -0.360. The number of carbonyl (C=O) groups excluding carboxylic acids is 2. The van der Waals surface area contributed by atoms with E-state index < -0.39 is 0 Å². The summed E-state index contributed by atoms with van der Waals surface area (Å²) in [5.74, 6) is -0.0526. The Balaban J connectivity index is 1.81. The molecule has 0 spiro atoms. The van der Waals surface area contributed by atoms with Crippen LogP contribution in [0.25, 0.3) is 6.08 Å². The number of thiophene rings is 1. The van der Waals surface area contributed by atoms with Crippen molar-refractivity contribution in [3.8, 4) is 0 Å². The van der Waals surface area contributed by atoms with Gasteiger partial charge in [-0.05, 0) is 61.4 Å². The molecular weight excluding hydrogens is 382 g/mol. The smallest absolute Gasteiger partial charge is 0.341 e. The fourth-order valence-corrected chi connectivity index (χ4v) is 4.69. The molecule has 2 aromatic rings. The molecule has 0 aliphatic heterocycles. The first-order chi connectivity index (χ1) is 13.0. The minimum absolute atomic E-state index is 0.276. The monoisotopic (exact) mass is 403 g/mol. The van der Waals surface area contributed by atoms with Crippen LogP contribution >= 0.6 is 22.9 Å². The van der Waals surface area contributed by atoms with Crippen molar-refractivity contribution < 1.29 is 14.3 Å². The summed E-state index contributed by atoms with van der Waals surface area (Å²) in [6.07, 6.45) is 5.99. The summed E-state index contributed by atoms with van der Waals surface area (Å²) in [4.78, 5) is 26.0. The molecule has 1 amide bonds. The fourth-order valence-electron chi connectivity index (χ4n) is 3.16. The van der Waals surface area contributed by atoms with Gasteiger partial charge in [-0.3, -0.25) is 4.79 Å². The third kappa shape index (κ3) is 4.79. The highest BCUT2D eigenvalue weighted by Crippen LogP contribution is 2.40. The molecule has 1 unspecified atom stereocenters. The number of esters is 1. The van der Waals surface area contributed by atoms with E-state index in [0.29, 0.717) is 28.1 Å². The first-order valence-electron chi connectivity index (χ1n) is 9.04. The Bertz CT molecular complexity index is 870. The van der Waals surface area contributed by atoms with E-state index in [0.717, 1.165) is 30.4 Å². The number of hydrogen-bond donors (Lipinski definition) is 1. The maximum absolute atomic E-state index is 12.5. The molecule has 4 nitrogen and oxygen atoms in total. The Labute approximate surface area is 168 Å². The zero-order chi connectivity index (χ0) is 19.4. The molecule has 1 aliphatic rings. The highest BCUT2D eigenvalue weighted by Gasteiger charge is 2.28. The van der Waals surface area contributed by atoms with Crippen LogP contribution in [0, 0.1) is 5.92 Å². The zero-order valence-corrected chi connectivity index (χ0v) is 17.0. The van der Waals surface area contributed by atoms with Crippen molar-refractivity contribution in [3.63, 3.8) is 0 Å². The summed E-state index contributed by atoms with van der Waals surface area (Å²) in [6.45, 7) is 4.30. The van der Waals surface area contributed by atoms with Gasteiger partial charge in [0.15, 0.2) is 0 Å². The number of amides is 1. The second-order valence-corrected chi connectivity index (χ2v) is 8.19. The number of nitrogens with one attached hydrogen (secondary N) is 1. The molecule has 1 aromatic heterocycles. The summed E-state index contributed by atoms with van der Waals surface area (Å²) >= 11 is 7.36.